The molecule has 0 fully saturated rings. The summed E-state index contributed by atoms with van der Waals surface area (Å²) in [4.78, 5) is 11.9. The molecule has 4 nitrogen and oxygen atoms in total. The molecule has 2 aromatic carbocycles. The molecule has 0 unspecified atom stereocenters. The van der Waals surface area contributed by atoms with Gasteiger partial charge in [0.15, 0.2) is 0 Å². The highest BCUT2D eigenvalue weighted by atomic mass is 16.1. The summed E-state index contributed by atoms with van der Waals surface area (Å²) in [6.45, 7) is 4.11. The van der Waals surface area contributed by atoms with Crippen LogP contribution in [0, 0.1) is 13.8 Å². The first kappa shape index (κ1) is 13.9. The van der Waals surface area contributed by atoms with Crippen LogP contribution in [-0.2, 0) is 0 Å². The predicted octanol–water partition coefficient (Wildman–Crippen LogP) is 2.99. The number of carbonyl (C=O) groups excluding carboxylic acids is 1. The highest BCUT2D eigenvalue weighted by Gasteiger charge is 2.11. The third-order valence-electron chi connectivity index (χ3n) is 3.39. The molecule has 0 spiro atoms. The van der Waals surface area contributed by atoms with E-state index in [2.05, 4.69) is 30.5 Å². The zero-order valence-corrected chi connectivity index (χ0v) is 11.9. The number of nitrogens with two attached hydrogens (primary N) is 1. The van der Waals surface area contributed by atoms with Gasteiger partial charge in [0.25, 0.3) is 5.91 Å². The second-order valence-corrected chi connectivity index (χ2v) is 4.76. The topological polar surface area (TPSA) is 67.2 Å². The van der Waals surface area contributed by atoms with Gasteiger partial charge >= 0.3 is 0 Å². The number of carbonyl (C=O) groups is 1. The van der Waals surface area contributed by atoms with Crippen molar-refractivity contribution in [2.24, 2.45) is 0 Å². The van der Waals surface area contributed by atoms with Crippen molar-refractivity contribution in [3.05, 3.63) is 53.1 Å². The van der Waals surface area contributed by atoms with Crippen molar-refractivity contribution < 1.29 is 4.79 Å². The van der Waals surface area contributed by atoms with Gasteiger partial charge in [-0.15, -0.1) is 0 Å². The molecule has 0 heterocycles. The summed E-state index contributed by atoms with van der Waals surface area (Å²) >= 11 is 0. The van der Waals surface area contributed by atoms with Gasteiger partial charge in [0.1, 0.15) is 0 Å². The molecule has 0 radical (unpaired) electrons. The molecule has 2 rings (SSSR count). The van der Waals surface area contributed by atoms with E-state index in [-0.39, 0.29) is 5.91 Å². The first-order valence-corrected chi connectivity index (χ1v) is 6.47. The quantitative estimate of drug-likeness (QED) is 0.750. The Morgan fingerprint density at radius 2 is 1.85 bits per heavy atom. The van der Waals surface area contributed by atoms with Crippen LogP contribution in [0.1, 0.15) is 21.5 Å². The SMILES string of the molecule is CNC(=O)c1cc(N)ccc1Nc1cccc(C)c1C. The molecule has 0 atom stereocenters. The van der Waals surface area contributed by atoms with Gasteiger partial charge in [0.2, 0.25) is 0 Å². The lowest BCUT2D eigenvalue weighted by Gasteiger charge is -2.15. The summed E-state index contributed by atoms with van der Waals surface area (Å²) in [5, 5.41) is 5.93. The molecule has 104 valence electrons. The maximum atomic E-state index is 11.9. The minimum atomic E-state index is -0.162. The fourth-order valence-electron chi connectivity index (χ4n) is 2.02. The van der Waals surface area contributed by atoms with E-state index in [1.807, 2.05) is 18.2 Å². The Balaban J connectivity index is 2.43. The normalized spacial score (nSPS) is 10.2. The highest BCUT2D eigenvalue weighted by molar-refractivity contribution is 6.01. The molecule has 0 bridgehead atoms. The number of anilines is 3. The highest BCUT2D eigenvalue weighted by Crippen LogP contribution is 2.26. The Morgan fingerprint density at radius 3 is 2.55 bits per heavy atom. The summed E-state index contributed by atoms with van der Waals surface area (Å²) in [6.07, 6.45) is 0. The number of aryl methyl sites for hydroxylation is 1. The van der Waals surface area contributed by atoms with Crippen LogP contribution in [0.5, 0.6) is 0 Å². The molecule has 20 heavy (non-hydrogen) atoms. The summed E-state index contributed by atoms with van der Waals surface area (Å²) in [6, 6.07) is 11.3. The van der Waals surface area contributed by atoms with Gasteiger partial charge in [-0.05, 0) is 49.2 Å². The van der Waals surface area contributed by atoms with E-state index in [1.54, 1.807) is 19.2 Å². The van der Waals surface area contributed by atoms with E-state index in [9.17, 15) is 4.79 Å². The average Bonchev–Trinajstić information content (AvgIpc) is 2.44. The molecular formula is C16H19N3O. The second kappa shape index (κ2) is 5.65. The lowest BCUT2D eigenvalue weighted by atomic mass is 10.1. The first-order chi connectivity index (χ1) is 9.52. The molecule has 0 aliphatic heterocycles. The van der Waals surface area contributed by atoms with Gasteiger partial charge in [-0.25, -0.2) is 0 Å². The third kappa shape index (κ3) is 2.74. The van der Waals surface area contributed by atoms with Crippen LogP contribution in [0.2, 0.25) is 0 Å². The zero-order chi connectivity index (χ0) is 14.7. The van der Waals surface area contributed by atoms with Gasteiger partial charge in [0.05, 0.1) is 11.3 Å². The summed E-state index contributed by atoms with van der Waals surface area (Å²) in [5.74, 6) is -0.162. The van der Waals surface area contributed by atoms with E-state index >= 15 is 0 Å². The Labute approximate surface area is 119 Å². The van der Waals surface area contributed by atoms with Gasteiger partial charge in [0, 0.05) is 18.4 Å². The number of nitrogen functional groups attached to an aromatic ring is 1. The molecule has 0 aromatic heterocycles. The lowest BCUT2D eigenvalue weighted by Crippen LogP contribution is -2.19. The maximum absolute atomic E-state index is 11.9. The largest absolute Gasteiger partial charge is 0.399 e. The van der Waals surface area contributed by atoms with E-state index in [1.165, 1.54) is 5.56 Å². The van der Waals surface area contributed by atoms with Crippen molar-refractivity contribution in [3.8, 4) is 0 Å². The van der Waals surface area contributed by atoms with E-state index in [4.69, 9.17) is 5.73 Å². The van der Waals surface area contributed by atoms with Crippen molar-refractivity contribution in [2.75, 3.05) is 18.1 Å². The molecule has 0 aliphatic carbocycles. The van der Waals surface area contributed by atoms with Crippen LogP contribution in [0.15, 0.2) is 36.4 Å². The van der Waals surface area contributed by atoms with Gasteiger partial charge in [-0.2, -0.15) is 0 Å². The van der Waals surface area contributed by atoms with E-state index < -0.39 is 0 Å². The number of rotatable bonds is 3. The summed E-state index contributed by atoms with van der Waals surface area (Å²) < 4.78 is 0. The van der Waals surface area contributed by atoms with E-state index in [0.29, 0.717) is 11.3 Å². The first-order valence-electron chi connectivity index (χ1n) is 6.47. The van der Waals surface area contributed by atoms with Crippen molar-refractivity contribution in [3.63, 3.8) is 0 Å². The van der Waals surface area contributed by atoms with Crippen LogP contribution in [-0.4, -0.2) is 13.0 Å². The fourth-order valence-corrected chi connectivity index (χ4v) is 2.02. The molecule has 1 amide bonds. The molecular weight excluding hydrogens is 250 g/mol. The van der Waals surface area contributed by atoms with Gasteiger partial charge < -0.3 is 16.4 Å². The lowest BCUT2D eigenvalue weighted by molar-refractivity contribution is 0.0964. The van der Waals surface area contributed by atoms with Crippen LogP contribution in [0.3, 0.4) is 0 Å². The Bertz CT molecular complexity index is 650. The Kier molecular flexibility index (Phi) is 3.94. The van der Waals surface area contributed by atoms with Crippen LogP contribution in [0.25, 0.3) is 0 Å². The third-order valence-corrected chi connectivity index (χ3v) is 3.39. The van der Waals surface area contributed by atoms with Gasteiger partial charge in [-0.1, -0.05) is 12.1 Å². The smallest absolute Gasteiger partial charge is 0.253 e. The predicted molar refractivity (Wildman–Crippen MR) is 83.4 cm³/mol. The monoisotopic (exact) mass is 269 g/mol. The zero-order valence-electron chi connectivity index (χ0n) is 11.9. The summed E-state index contributed by atoms with van der Waals surface area (Å²) in [5.41, 5.74) is 10.9. The van der Waals surface area contributed by atoms with Crippen LogP contribution < -0.4 is 16.4 Å². The minimum Gasteiger partial charge on any atom is -0.399 e. The van der Waals surface area contributed by atoms with Crippen molar-refractivity contribution >= 4 is 23.0 Å². The Hall–Kier alpha value is -2.49. The number of amides is 1. The molecule has 0 saturated heterocycles. The number of hydrogen-bond donors (Lipinski definition) is 3. The number of benzene rings is 2. The van der Waals surface area contributed by atoms with Crippen LogP contribution in [0.4, 0.5) is 17.1 Å². The molecule has 4 N–H and O–H groups in total. The van der Waals surface area contributed by atoms with E-state index in [0.717, 1.165) is 16.9 Å². The van der Waals surface area contributed by atoms with Crippen LogP contribution >= 0.6 is 0 Å². The minimum absolute atomic E-state index is 0.162. The fraction of sp³-hybridized carbons (Fsp3) is 0.188. The van der Waals surface area contributed by atoms with Gasteiger partial charge in [-0.3, -0.25) is 4.79 Å². The van der Waals surface area contributed by atoms with Crippen molar-refractivity contribution in [1.82, 2.24) is 5.32 Å². The number of hydrogen-bond acceptors (Lipinski definition) is 3. The molecule has 0 aliphatic rings. The molecule has 2 aromatic rings. The number of nitrogens with one attached hydrogen (secondary N) is 2. The average molecular weight is 269 g/mol. The van der Waals surface area contributed by atoms with Crippen molar-refractivity contribution in [2.45, 2.75) is 13.8 Å². The Morgan fingerprint density at radius 1 is 1.10 bits per heavy atom. The summed E-state index contributed by atoms with van der Waals surface area (Å²) in [7, 11) is 1.60. The second-order valence-electron chi connectivity index (χ2n) is 4.76. The van der Waals surface area contributed by atoms with Crippen molar-refractivity contribution in [1.29, 1.82) is 0 Å². The maximum Gasteiger partial charge on any atom is 0.253 e. The standard InChI is InChI=1S/C16H19N3O/c1-10-5-4-6-14(11(10)2)19-15-8-7-12(17)9-13(15)16(20)18-3/h4-9,19H,17H2,1-3H3,(H,18,20). The molecule has 4 heteroatoms. The molecule has 0 saturated carbocycles.